The highest BCUT2D eigenvalue weighted by molar-refractivity contribution is 6.77. The van der Waals surface area contributed by atoms with Crippen LogP contribution < -0.4 is 0 Å². The predicted octanol–water partition coefficient (Wildman–Crippen LogP) is 5.28. The summed E-state index contributed by atoms with van der Waals surface area (Å²) >= 11 is 0. The molecule has 0 aliphatic heterocycles. The van der Waals surface area contributed by atoms with Crippen LogP contribution in [0.15, 0.2) is 12.2 Å². The first-order valence-electron chi connectivity index (χ1n) is 8.06. The van der Waals surface area contributed by atoms with Gasteiger partial charge in [0.2, 0.25) is 8.32 Å². The van der Waals surface area contributed by atoms with Crippen molar-refractivity contribution >= 4 is 8.32 Å². The molecule has 0 aromatic rings. The Morgan fingerprint density at radius 1 is 0.950 bits per heavy atom. The molecule has 0 aliphatic carbocycles. The molecule has 2 nitrogen and oxygen atoms in total. The van der Waals surface area contributed by atoms with Crippen LogP contribution in [0.25, 0.3) is 0 Å². The Hall–Kier alpha value is -0.123. The Bertz CT molecular complexity index is 276. The predicted molar refractivity (Wildman–Crippen MR) is 91.6 cm³/mol. The van der Waals surface area contributed by atoms with E-state index >= 15 is 0 Å². The smallest absolute Gasteiger partial charge is 0.200 e. The summed E-state index contributed by atoms with van der Waals surface area (Å²) < 4.78 is 6.65. The van der Waals surface area contributed by atoms with Gasteiger partial charge < -0.3 is 9.53 Å². The fourth-order valence-electron chi connectivity index (χ4n) is 3.45. The van der Waals surface area contributed by atoms with Crippen molar-refractivity contribution in [2.45, 2.75) is 97.1 Å². The first-order chi connectivity index (χ1) is 9.05. The van der Waals surface area contributed by atoms with Crippen LogP contribution in [0.3, 0.4) is 0 Å². The van der Waals surface area contributed by atoms with Gasteiger partial charge in [-0.2, -0.15) is 0 Å². The van der Waals surface area contributed by atoms with E-state index in [2.05, 4.69) is 55.0 Å². The average Bonchev–Trinajstić information content (AvgIpc) is 2.31. The fourth-order valence-corrected chi connectivity index (χ4v) is 9.09. The molecule has 0 bridgehead atoms. The highest BCUT2D eigenvalue weighted by Gasteiger charge is 2.45. The fraction of sp³-hybridized carbons (Fsp3) is 0.882. The van der Waals surface area contributed by atoms with Crippen molar-refractivity contribution in [3.05, 3.63) is 12.2 Å². The second-order valence-electron chi connectivity index (χ2n) is 7.19. The Kier molecular flexibility index (Phi) is 8.30. The maximum atomic E-state index is 9.86. The van der Waals surface area contributed by atoms with Crippen molar-refractivity contribution in [3.8, 4) is 0 Å². The van der Waals surface area contributed by atoms with Crippen molar-refractivity contribution in [1.29, 1.82) is 0 Å². The van der Waals surface area contributed by atoms with Crippen LogP contribution in [0.2, 0.25) is 16.6 Å². The molecule has 0 saturated carbocycles. The SMILES string of the molecule is C=C(C)C(O)CCC(C)O[Si](C(C)C)(C(C)C)C(C)C. The summed E-state index contributed by atoms with van der Waals surface area (Å²) in [4.78, 5) is 0. The molecular weight excluding hydrogens is 264 g/mol. The summed E-state index contributed by atoms with van der Waals surface area (Å²) in [5.74, 6) is 0. The third-order valence-corrected chi connectivity index (χ3v) is 10.8. The molecule has 0 aliphatic rings. The standard InChI is InChI=1S/C17H36O2Si/c1-12(2)17(18)11-10-16(9)19-20(13(3)4,14(5)6)15(7)8/h13-18H,1,10-11H2,2-9H3. The lowest BCUT2D eigenvalue weighted by atomic mass is 10.1. The Balaban J connectivity index is 4.79. The lowest BCUT2D eigenvalue weighted by molar-refractivity contribution is 0.142. The van der Waals surface area contributed by atoms with Gasteiger partial charge in [-0.3, -0.25) is 0 Å². The summed E-state index contributed by atoms with van der Waals surface area (Å²) in [6.07, 6.45) is 1.46. The molecular formula is C17H36O2Si. The van der Waals surface area contributed by atoms with Gasteiger partial charge in [-0.15, -0.1) is 0 Å². The third-order valence-electron chi connectivity index (χ3n) is 4.53. The van der Waals surface area contributed by atoms with Gasteiger partial charge in [0.25, 0.3) is 0 Å². The van der Waals surface area contributed by atoms with Crippen LogP contribution in [-0.2, 0) is 4.43 Å². The van der Waals surface area contributed by atoms with E-state index in [4.69, 9.17) is 4.43 Å². The van der Waals surface area contributed by atoms with Gasteiger partial charge >= 0.3 is 0 Å². The normalized spacial score (nSPS) is 16.0. The lowest BCUT2D eigenvalue weighted by Crippen LogP contribution is -2.49. The quantitative estimate of drug-likeness (QED) is 0.463. The van der Waals surface area contributed by atoms with Crippen molar-refractivity contribution in [3.63, 3.8) is 0 Å². The van der Waals surface area contributed by atoms with E-state index in [1.807, 2.05) is 6.92 Å². The van der Waals surface area contributed by atoms with Crippen molar-refractivity contribution in [1.82, 2.24) is 0 Å². The minimum atomic E-state index is -1.79. The molecule has 0 fully saturated rings. The maximum absolute atomic E-state index is 9.86. The van der Waals surface area contributed by atoms with E-state index < -0.39 is 14.4 Å². The number of hydrogen-bond donors (Lipinski definition) is 1. The van der Waals surface area contributed by atoms with Gasteiger partial charge in [0.1, 0.15) is 0 Å². The zero-order chi connectivity index (χ0) is 16.1. The molecule has 0 aromatic carbocycles. The second kappa shape index (κ2) is 8.35. The van der Waals surface area contributed by atoms with Crippen LogP contribution in [0.5, 0.6) is 0 Å². The largest absolute Gasteiger partial charge is 0.413 e. The first-order valence-corrected chi connectivity index (χ1v) is 10.2. The van der Waals surface area contributed by atoms with Gasteiger partial charge in [-0.25, -0.2) is 0 Å². The van der Waals surface area contributed by atoms with Gasteiger partial charge in [-0.05, 0) is 43.3 Å². The number of aliphatic hydroxyl groups excluding tert-OH is 1. The molecule has 2 unspecified atom stereocenters. The summed E-state index contributed by atoms with van der Waals surface area (Å²) in [5, 5.41) is 9.86. The molecule has 2 atom stereocenters. The molecule has 3 heteroatoms. The van der Waals surface area contributed by atoms with Gasteiger partial charge in [0.15, 0.2) is 0 Å². The van der Waals surface area contributed by atoms with Crippen molar-refractivity contribution in [2.24, 2.45) is 0 Å². The van der Waals surface area contributed by atoms with Crippen molar-refractivity contribution in [2.75, 3.05) is 0 Å². The molecule has 20 heavy (non-hydrogen) atoms. The van der Waals surface area contributed by atoms with E-state index in [1.165, 1.54) is 0 Å². The topological polar surface area (TPSA) is 29.5 Å². The van der Waals surface area contributed by atoms with E-state index in [0.29, 0.717) is 16.6 Å². The van der Waals surface area contributed by atoms with Gasteiger partial charge in [0, 0.05) is 6.10 Å². The van der Waals surface area contributed by atoms with Crippen molar-refractivity contribution < 1.29 is 9.53 Å². The molecule has 0 amide bonds. The van der Waals surface area contributed by atoms with Crippen LogP contribution >= 0.6 is 0 Å². The van der Waals surface area contributed by atoms with Gasteiger partial charge in [0.05, 0.1) is 6.10 Å². The van der Waals surface area contributed by atoms with E-state index in [1.54, 1.807) is 0 Å². The molecule has 0 aromatic heterocycles. The van der Waals surface area contributed by atoms with Gasteiger partial charge in [-0.1, -0.05) is 53.7 Å². The zero-order valence-electron chi connectivity index (χ0n) is 14.9. The second-order valence-corrected chi connectivity index (χ2v) is 12.6. The summed E-state index contributed by atoms with van der Waals surface area (Å²) in [5.41, 5.74) is 2.67. The van der Waals surface area contributed by atoms with Crippen LogP contribution in [-0.4, -0.2) is 25.6 Å². The molecule has 120 valence electrons. The molecule has 1 N–H and O–H groups in total. The van der Waals surface area contributed by atoms with Crippen LogP contribution in [0.4, 0.5) is 0 Å². The number of hydrogen-bond acceptors (Lipinski definition) is 2. The molecule has 0 saturated heterocycles. The third kappa shape index (κ3) is 5.01. The number of aliphatic hydroxyl groups is 1. The molecule has 0 rings (SSSR count). The monoisotopic (exact) mass is 300 g/mol. The first kappa shape index (κ1) is 19.9. The van der Waals surface area contributed by atoms with E-state index in [0.717, 1.165) is 18.4 Å². The highest BCUT2D eigenvalue weighted by atomic mass is 28.4. The summed E-state index contributed by atoms with van der Waals surface area (Å²) in [6.45, 7) is 21.7. The summed E-state index contributed by atoms with van der Waals surface area (Å²) in [6, 6.07) is 0. The number of rotatable bonds is 9. The van der Waals surface area contributed by atoms with E-state index in [9.17, 15) is 5.11 Å². The van der Waals surface area contributed by atoms with Crippen LogP contribution in [0, 0.1) is 0 Å². The average molecular weight is 301 g/mol. The zero-order valence-corrected chi connectivity index (χ0v) is 15.9. The highest BCUT2D eigenvalue weighted by Crippen LogP contribution is 2.43. The molecule has 0 heterocycles. The maximum Gasteiger partial charge on any atom is 0.200 e. The molecule has 0 radical (unpaired) electrons. The minimum absolute atomic E-state index is 0.211. The summed E-state index contributed by atoms with van der Waals surface area (Å²) in [7, 11) is -1.79. The van der Waals surface area contributed by atoms with E-state index in [-0.39, 0.29) is 6.10 Å². The lowest BCUT2D eigenvalue weighted by Gasteiger charge is -2.44. The Labute approximate surface area is 127 Å². The Morgan fingerprint density at radius 3 is 1.65 bits per heavy atom. The Morgan fingerprint density at radius 2 is 1.35 bits per heavy atom. The van der Waals surface area contributed by atoms with Crippen LogP contribution in [0.1, 0.15) is 68.2 Å². The molecule has 0 spiro atoms. The minimum Gasteiger partial charge on any atom is -0.413 e.